The maximum absolute atomic E-state index is 11.8. The van der Waals surface area contributed by atoms with Gasteiger partial charge in [0.05, 0.1) is 13.3 Å². The highest BCUT2D eigenvalue weighted by molar-refractivity contribution is 5.95. The second-order valence-corrected chi connectivity index (χ2v) is 4.67. The third kappa shape index (κ3) is 3.48. The molecule has 0 unspecified atom stereocenters. The van der Waals surface area contributed by atoms with Crippen LogP contribution in [0.15, 0.2) is 47.6 Å². The Bertz CT molecular complexity index is 664. The zero-order valence-corrected chi connectivity index (χ0v) is 12.4. The Kier molecular flexibility index (Phi) is 4.72. The van der Waals surface area contributed by atoms with Gasteiger partial charge in [0.25, 0.3) is 5.91 Å². The van der Waals surface area contributed by atoms with Gasteiger partial charge in [-0.2, -0.15) is 5.10 Å². The Morgan fingerprint density at radius 2 is 1.81 bits per heavy atom. The third-order valence-corrected chi connectivity index (χ3v) is 3.40. The van der Waals surface area contributed by atoms with Crippen molar-refractivity contribution in [2.45, 2.75) is 13.8 Å². The molecule has 21 heavy (non-hydrogen) atoms. The van der Waals surface area contributed by atoms with Gasteiger partial charge in [-0.25, -0.2) is 5.43 Å². The lowest BCUT2D eigenvalue weighted by Gasteiger charge is -2.09. The standard InChI is InChI=1S/C17H18N2O2/c1-12-13(2)16(21-3)10-9-15(12)11-18-19-17(20)14-7-5-4-6-8-14/h4-11H,1-3H3,(H,19,20). The van der Waals surface area contributed by atoms with E-state index in [0.717, 1.165) is 22.4 Å². The monoisotopic (exact) mass is 282 g/mol. The fourth-order valence-electron chi connectivity index (χ4n) is 1.99. The quantitative estimate of drug-likeness (QED) is 0.692. The number of rotatable bonds is 4. The Morgan fingerprint density at radius 3 is 2.48 bits per heavy atom. The zero-order valence-electron chi connectivity index (χ0n) is 12.4. The van der Waals surface area contributed by atoms with Crippen LogP contribution in [0, 0.1) is 13.8 Å². The number of nitrogens with one attached hydrogen (secondary N) is 1. The van der Waals surface area contributed by atoms with Crippen LogP contribution in [-0.4, -0.2) is 19.2 Å². The predicted molar refractivity (Wildman–Crippen MR) is 84.0 cm³/mol. The minimum Gasteiger partial charge on any atom is -0.496 e. The maximum atomic E-state index is 11.8. The molecule has 0 saturated heterocycles. The first-order valence-electron chi connectivity index (χ1n) is 6.66. The van der Waals surface area contributed by atoms with Crippen molar-refractivity contribution in [3.8, 4) is 5.75 Å². The Labute approximate surface area is 124 Å². The molecule has 0 aliphatic rings. The van der Waals surface area contributed by atoms with Crippen LogP contribution in [0.3, 0.4) is 0 Å². The lowest BCUT2D eigenvalue weighted by atomic mass is 10.0. The van der Waals surface area contributed by atoms with Gasteiger partial charge in [0.15, 0.2) is 0 Å². The topological polar surface area (TPSA) is 50.7 Å². The normalized spacial score (nSPS) is 10.6. The van der Waals surface area contributed by atoms with E-state index in [1.54, 1.807) is 25.5 Å². The first-order valence-corrected chi connectivity index (χ1v) is 6.66. The molecule has 1 amide bonds. The fourth-order valence-corrected chi connectivity index (χ4v) is 1.99. The first-order chi connectivity index (χ1) is 10.1. The summed E-state index contributed by atoms with van der Waals surface area (Å²) in [5, 5.41) is 4.01. The largest absolute Gasteiger partial charge is 0.496 e. The van der Waals surface area contributed by atoms with E-state index in [1.807, 2.05) is 44.2 Å². The lowest BCUT2D eigenvalue weighted by molar-refractivity contribution is 0.0955. The Hall–Kier alpha value is -2.62. The molecule has 0 aliphatic carbocycles. The van der Waals surface area contributed by atoms with Gasteiger partial charge in [-0.1, -0.05) is 18.2 Å². The smallest absolute Gasteiger partial charge is 0.271 e. The van der Waals surface area contributed by atoms with Crippen LogP contribution >= 0.6 is 0 Å². The van der Waals surface area contributed by atoms with Crippen molar-refractivity contribution in [2.75, 3.05) is 7.11 Å². The van der Waals surface area contributed by atoms with E-state index in [4.69, 9.17) is 4.74 Å². The molecular formula is C17H18N2O2. The molecule has 0 fully saturated rings. The number of benzene rings is 2. The number of methoxy groups -OCH3 is 1. The molecule has 0 aliphatic heterocycles. The van der Waals surface area contributed by atoms with Gasteiger partial charge in [0, 0.05) is 5.56 Å². The Morgan fingerprint density at radius 1 is 1.10 bits per heavy atom. The zero-order chi connectivity index (χ0) is 15.2. The van der Waals surface area contributed by atoms with Gasteiger partial charge in [0.1, 0.15) is 5.75 Å². The number of ether oxygens (including phenoxy) is 1. The predicted octanol–water partition coefficient (Wildman–Crippen LogP) is 3.08. The average Bonchev–Trinajstić information content (AvgIpc) is 2.52. The van der Waals surface area contributed by atoms with Crippen LogP contribution in [0.1, 0.15) is 27.0 Å². The van der Waals surface area contributed by atoms with E-state index in [0.29, 0.717) is 5.56 Å². The summed E-state index contributed by atoms with van der Waals surface area (Å²) in [5.74, 6) is 0.618. The summed E-state index contributed by atoms with van der Waals surface area (Å²) < 4.78 is 5.27. The van der Waals surface area contributed by atoms with Crippen molar-refractivity contribution in [3.63, 3.8) is 0 Å². The number of amides is 1. The summed E-state index contributed by atoms with van der Waals surface area (Å²) in [6.45, 7) is 3.99. The highest BCUT2D eigenvalue weighted by atomic mass is 16.5. The molecule has 108 valence electrons. The maximum Gasteiger partial charge on any atom is 0.271 e. The van der Waals surface area contributed by atoms with Gasteiger partial charge >= 0.3 is 0 Å². The summed E-state index contributed by atoms with van der Waals surface area (Å²) in [7, 11) is 1.65. The lowest BCUT2D eigenvalue weighted by Crippen LogP contribution is -2.17. The molecule has 0 atom stereocenters. The molecule has 1 N–H and O–H groups in total. The highest BCUT2D eigenvalue weighted by Gasteiger charge is 2.05. The van der Waals surface area contributed by atoms with Gasteiger partial charge < -0.3 is 4.74 Å². The Balaban J connectivity index is 2.09. The summed E-state index contributed by atoms with van der Waals surface area (Å²) in [5.41, 5.74) is 6.19. The SMILES string of the molecule is COc1ccc(C=NNC(=O)c2ccccc2)c(C)c1C. The van der Waals surface area contributed by atoms with Crippen molar-refractivity contribution in [3.05, 3.63) is 64.7 Å². The molecule has 2 rings (SSSR count). The van der Waals surface area contributed by atoms with E-state index in [2.05, 4.69) is 10.5 Å². The second kappa shape index (κ2) is 6.70. The molecule has 4 heteroatoms. The minimum absolute atomic E-state index is 0.227. The molecule has 2 aromatic rings. The van der Waals surface area contributed by atoms with E-state index in [-0.39, 0.29) is 5.91 Å². The highest BCUT2D eigenvalue weighted by Crippen LogP contribution is 2.22. The molecule has 4 nitrogen and oxygen atoms in total. The fraction of sp³-hybridized carbons (Fsp3) is 0.176. The van der Waals surface area contributed by atoms with Crippen LogP contribution in [0.4, 0.5) is 0 Å². The summed E-state index contributed by atoms with van der Waals surface area (Å²) >= 11 is 0. The average molecular weight is 282 g/mol. The molecule has 0 spiro atoms. The van der Waals surface area contributed by atoms with Crippen LogP contribution in [-0.2, 0) is 0 Å². The second-order valence-electron chi connectivity index (χ2n) is 4.67. The molecule has 0 saturated carbocycles. The summed E-state index contributed by atoms with van der Waals surface area (Å²) in [4.78, 5) is 11.8. The van der Waals surface area contributed by atoms with Crippen LogP contribution in [0.2, 0.25) is 0 Å². The first kappa shape index (κ1) is 14.8. The van der Waals surface area contributed by atoms with Crippen molar-refractivity contribution < 1.29 is 9.53 Å². The van der Waals surface area contributed by atoms with Crippen LogP contribution in [0.5, 0.6) is 5.75 Å². The van der Waals surface area contributed by atoms with E-state index >= 15 is 0 Å². The van der Waals surface area contributed by atoms with Crippen LogP contribution in [0.25, 0.3) is 0 Å². The number of nitrogens with zero attached hydrogens (tertiary/aromatic N) is 1. The number of hydrogen-bond donors (Lipinski definition) is 1. The number of hydrogen-bond acceptors (Lipinski definition) is 3. The van der Waals surface area contributed by atoms with Gasteiger partial charge in [-0.05, 0) is 54.8 Å². The number of hydrazone groups is 1. The van der Waals surface area contributed by atoms with Crippen molar-refractivity contribution in [2.24, 2.45) is 5.10 Å². The van der Waals surface area contributed by atoms with Gasteiger partial charge in [0.2, 0.25) is 0 Å². The van der Waals surface area contributed by atoms with E-state index in [9.17, 15) is 4.79 Å². The van der Waals surface area contributed by atoms with Crippen LogP contribution < -0.4 is 10.2 Å². The van der Waals surface area contributed by atoms with E-state index in [1.165, 1.54) is 0 Å². The number of carbonyl (C=O) groups excluding carboxylic acids is 1. The number of carbonyl (C=O) groups is 1. The molecule has 0 heterocycles. The van der Waals surface area contributed by atoms with Gasteiger partial charge in [-0.3, -0.25) is 4.79 Å². The molecular weight excluding hydrogens is 264 g/mol. The summed E-state index contributed by atoms with van der Waals surface area (Å²) in [6.07, 6.45) is 1.64. The third-order valence-electron chi connectivity index (χ3n) is 3.40. The van der Waals surface area contributed by atoms with E-state index < -0.39 is 0 Å². The molecule has 0 radical (unpaired) electrons. The molecule has 2 aromatic carbocycles. The van der Waals surface area contributed by atoms with Gasteiger partial charge in [-0.15, -0.1) is 0 Å². The molecule has 0 aromatic heterocycles. The summed E-state index contributed by atoms with van der Waals surface area (Å²) in [6, 6.07) is 12.8. The van der Waals surface area contributed by atoms with Crippen molar-refractivity contribution >= 4 is 12.1 Å². The van der Waals surface area contributed by atoms with Crippen molar-refractivity contribution in [1.29, 1.82) is 0 Å². The minimum atomic E-state index is -0.227. The van der Waals surface area contributed by atoms with Crippen molar-refractivity contribution in [1.82, 2.24) is 5.43 Å². The molecule has 0 bridgehead atoms.